The van der Waals surface area contributed by atoms with Gasteiger partial charge in [-0.3, -0.25) is 0 Å². The van der Waals surface area contributed by atoms with Gasteiger partial charge in [-0.25, -0.2) is 9.05 Å². The first-order valence-corrected chi connectivity index (χ1v) is 7.03. The third-order valence-corrected chi connectivity index (χ3v) is 3.29. The number of rotatable bonds is 6. The molecular formula is C14H14O5P+. The van der Waals surface area contributed by atoms with E-state index < -0.39 is 8.25 Å². The van der Waals surface area contributed by atoms with Crippen LogP contribution in [0.4, 0.5) is 0 Å². The van der Waals surface area contributed by atoms with E-state index in [0.717, 1.165) is 11.1 Å². The second-order valence-corrected chi connectivity index (χ2v) is 4.82. The fourth-order valence-electron chi connectivity index (χ4n) is 1.50. The molecule has 0 radical (unpaired) electrons. The molecule has 0 atom stereocenters. The smallest absolute Gasteiger partial charge is 0.392 e. The van der Waals surface area contributed by atoms with Gasteiger partial charge in [-0.2, -0.15) is 0 Å². The van der Waals surface area contributed by atoms with Crippen molar-refractivity contribution in [2.45, 2.75) is 13.2 Å². The standard InChI is InChI=1S/C14H14O5P/c15-9-11-1-5-13(6-2-11)18-20(17)19-14-7-3-12(10-16)4-8-14/h1-8,15-16H,9-10H2/q+1. The van der Waals surface area contributed by atoms with Crippen molar-refractivity contribution in [1.82, 2.24) is 0 Å². The molecule has 0 aliphatic heterocycles. The fourth-order valence-corrected chi connectivity index (χ4v) is 2.13. The van der Waals surface area contributed by atoms with Crippen LogP contribution in [-0.2, 0) is 17.8 Å². The molecule has 6 heteroatoms. The van der Waals surface area contributed by atoms with Crippen molar-refractivity contribution in [1.29, 1.82) is 0 Å². The molecule has 0 aliphatic rings. The lowest BCUT2D eigenvalue weighted by Crippen LogP contribution is -1.90. The zero-order valence-corrected chi connectivity index (χ0v) is 11.5. The molecule has 2 aromatic rings. The summed E-state index contributed by atoms with van der Waals surface area (Å²) < 4.78 is 22.0. The summed E-state index contributed by atoms with van der Waals surface area (Å²) in [4.78, 5) is 0. The molecule has 2 rings (SSSR count). The Morgan fingerprint density at radius 1 is 0.750 bits per heavy atom. The highest BCUT2D eigenvalue weighted by molar-refractivity contribution is 7.34. The molecule has 0 unspecified atom stereocenters. The van der Waals surface area contributed by atoms with E-state index in [0.29, 0.717) is 11.5 Å². The molecule has 0 saturated carbocycles. The van der Waals surface area contributed by atoms with Crippen LogP contribution < -0.4 is 9.05 Å². The predicted octanol–water partition coefficient (Wildman–Crippen LogP) is 2.79. The highest BCUT2D eigenvalue weighted by atomic mass is 31.1. The molecule has 0 saturated heterocycles. The van der Waals surface area contributed by atoms with Crippen LogP contribution in [0.15, 0.2) is 48.5 Å². The zero-order valence-electron chi connectivity index (χ0n) is 10.6. The first-order valence-electron chi connectivity index (χ1n) is 5.94. The number of aliphatic hydroxyl groups excluding tert-OH is 2. The molecule has 2 aromatic carbocycles. The molecule has 0 bridgehead atoms. The highest BCUT2D eigenvalue weighted by Gasteiger charge is 2.23. The van der Waals surface area contributed by atoms with Crippen LogP contribution in [0.3, 0.4) is 0 Å². The van der Waals surface area contributed by atoms with Crippen LogP contribution in [0, 0.1) is 0 Å². The summed E-state index contributed by atoms with van der Waals surface area (Å²) in [5, 5.41) is 17.8. The number of hydrogen-bond acceptors (Lipinski definition) is 5. The Morgan fingerprint density at radius 3 is 1.40 bits per heavy atom. The van der Waals surface area contributed by atoms with Crippen LogP contribution in [0.5, 0.6) is 11.5 Å². The molecule has 2 N–H and O–H groups in total. The summed E-state index contributed by atoms with van der Waals surface area (Å²) in [6, 6.07) is 13.1. The van der Waals surface area contributed by atoms with E-state index in [9.17, 15) is 4.57 Å². The number of benzene rings is 2. The van der Waals surface area contributed by atoms with Crippen molar-refractivity contribution >= 4 is 8.25 Å². The SMILES string of the molecule is O=[P+](Oc1ccc(CO)cc1)Oc1ccc(CO)cc1. The first kappa shape index (κ1) is 14.5. The molecule has 0 amide bonds. The fraction of sp³-hybridized carbons (Fsp3) is 0.143. The summed E-state index contributed by atoms with van der Waals surface area (Å²) in [7, 11) is -2.34. The molecule has 104 valence electrons. The van der Waals surface area contributed by atoms with Crippen molar-refractivity contribution in [3.8, 4) is 11.5 Å². The molecular weight excluding hydrogens is 279 g/mol. The third kappa shape index (κ3) is 4.03. The molecule has 0 fully saturated rings. The van der Waals surface area contributed by atoms with Gasteiger partial charge < -0.3 is 10.2 Å². The Bertz CT molecular complexity index is 514. The van der Waals surface area contributed by atoms with E-state index in [1.165, 1.54) is 0 Å². The largest absolute Gasteiger partial charge is 0.805 e. The van der Waals surface area contributed by atoms with Gasteiger partial charge in [0.05, 0.1) is 13.2 Å². The normalized spacial score (nSPS) is 10.1. The van der Waals surface area contributed by atoms with E-state index in [1.807, 2.05) is 0 Å². The summed E-state index contributed by atoms with van der Waals surface area (Å²) in [6.07, 6.45) is 0. The van der Waals surface area contributed by atoms with E-state index in [1.54, 1.807) is 48.5 Å². The lowest BCUT2D eigenvalue weighted by molar-refractivity contribution is 0.281. The van der Waals surface area contributed by atoms with Gasteiger partial charge in [0.2, 0.25) is 0 Å². The van der Waals surface area contributed by atoms with E-state index in [2.05, 4.69) is 0 Å². The lowest BCUT2D eigenvalue weighted by Gasteiger charge is -1.97. The van der Waals surface area contributed by atoms with Gasteiger partial charge in [0.25, 0.3) is 0 Å². The quantitative estimate of drug-likeness (QED) is 0.801. The number of hydrogen-bond donors (Lipinski definition) is 2. The van der Waals surface area contributed by atoms with E-state index in [4.69, 9.17) is 19.3 Å². The molecule has 0 heterocycles. The van der Waals surface area contributed by atoms with Gasteiger partial charge in [0.15, 0.2) is 11.5 Å². The zero-order chi connectivity index (χ0) is 14.4. The van der Waals surface area contributed by atoms with Crippen molar-refractivity contribution < 1.29 is 23.8 Å². The van der Waals surface area contributed by atoms with Gasteiger partial charge in [0, 0.05) is 4.57 Å². The van der Waals surface area contributed by atoms with Crippen LogP contribution in [0.1, 0.15) is 11.1 Å². The average molecular weight is 293 g/mol. The van der Waals surface area contributed by atoms with Crippen molar-refractivity contribution in [3.05, 3.63) is 59.7 Å². The van der Waals surface area contributed by atoms with Crippen molar-refractivity contribution in [2.75, 3.05) is 0 Å². The molecule has 20 heavy (non-hydrogen) atoms. The maximum atomic E-state index is 11.7. The summed E-state index contributed by atoms with van der Waals surface area (Å²) in [6.45, 7) is -0.111. The van der Waals surface area contributed by atoms with Gasteiger partial charge in [-0.15, -0.1) is 0 Å². The van der Waals surface area contributed by atoms with Crippen LogP contribution >= 0.6 is 8.25 Å². The van der Waals surface area contributed by atoms with Crippen LogP contribution in [0.2, 0.25) is 0 Å². The summed E-state index contributed by atoms with van der Waals surface area (Å²) >= 11 is 0. The second kappa shape index (κ2) is 7.01. The Labute approximate surface area is 117 Å². The average Bonchev–Trinajstić information content (AvgIpc) is 2.49. The highest BCUT2D eigenvalue weighted by Crippen LogP contribution is 2.30. The first-order chi connectivity index (χ1) is 9.71. The monoisotopic (exact) mass is 293 g/mol. The van der Waals surface area contributed by atoms with Crippen molar-refractivity contribution in [2.24, 2.45) is 0 Å². The molecule has 0 aromatic heterocycles. The minimum Gasteiger partial charge on any atom is -0.392 e. The Hall–Kier alpha value is -1.94. The maximum absolute atomic E-state index is 11.7. The summed E-state index contributed by atoms with van der Waals surface area (Å²) in [5.74, 6) is 0.797. The van der Waals surface area contributed by atoms with Crippen LogP contribution in [-0.4, -0.2) is 10.2 Å². The molecule has 0 spiro atoms. The van der Waals surface area contributed by atoms with E-state index in [-0.39, 0.29) is 13.2 Å². The third-order valence-electron chi connectivity index (χ3n) is 2.57. The lowest BCUT2D eigenvalue weighted by atomic mass is 10.2. The van der Waals surface area contributed by atoms with Gasteiger partial charge >= 0.3 is 8.25 Å². The number of aliphatic hydroxyl groups is 2. The van der Waals surface area contributed by atoms with Crippen molar-refractivity contribution in [3.63, 3.8) is 0 Å². The molecule has 5 nitrogen and oxygen atoms in total. The Balaban J connectivity index is 1.93. The molecule has 0 aliphatic carbocycles. The Morgan fingerprint density at radius 2 is 1.10 bits per heavy atom. The van der Waals surface area contributed by atoms with Crippen LogP contribution in [0.25, 0.3) is 0 Å². The second-order valence-electron chi connectivity index (χ2n) is 4.01. The Kier molecular flexibility index (Phi) is 5.07. The maximum Gasteiger partial charge on any atom is 0.805 e. The van der Waals surface area contributed by atoms with E-state index >= 15 is 0 Å². The minimum atomic E-state index is -2.34. The van der Waals surface area contributed by atoms with Gasteiger partial charge in [0.1, 0.15) is 0 Å². The van der Waals surface area contributed by atoms with Gasteiger partial charge in [-0.05, 0) is 35.4 Å². The topological polar surface area (TPSA) is 76.0 Å². The van der Waals surface area contributed by atoms with Gasteiger partial charge in [-0.1, -0.05) is 24.3 Å². The predicted molar refractivity (Wildman–Crippen MR) is 73.6 cm³/mol. The summed E-state index contributed by atoms with van der Waals surface area (Å²) in [5.41, 5.74) is 1.49. The minimum absolute atomic E-state index is 0.0554.